The lowest BCUT2D eigenvalue weighted by Gasteiger charge is -2.34. The Morgan fingerprint density at radius 1 is 1.43 bits per heavy atom. The summed E-state index contributed by atoms with van der Waals surface area (Å²) in [6, 6.07) is 0.337. The lowest BCUT2D eigenvalue weighted by molar-refractivity contribution is 0.0834. The number of nitrogens with one attached hydrogen (secondary N) is 1. The van der Waals surface area contributed by atoms with Crippen LogP contribution < -0.4 is 5.32 Å². The molecule has 3 unspecified atom stereocenters. The quantitative estimate of drug-likeness (QED) is 0.750. The number of rotatable bonds is 2. The normalized spacial score (nSPS) is 31.4. The molecule has 1 saturated heterocycles. The minimum atomic E-state index is -0.841. The van der Waals surface area contributed by atoms with E-state index in [0.29, 0.717) is 12.6 Å². The Kier molecular flexibility index (Phi) is 4.10. The van der Waals surface area contributed by atoms with Crippen molar-refractivity contribution < 1.29 is 8.95 Å². The van der Waals surface area contributed by atoms with Gasteiger partial charge in [0.2, 0.25) is 0 Å². The van der Waals surface area contributed by atoms with Gasteiger partial charge in [0, 0.05) is 28.2 Å². The molecule has 1 fully saturated rings. The van der Waals surface area contributed by atoms with Crippen molar-refractivity contribution >= 4 is 10.8 Å². The molecule has 1 N–H and O–H groups in total. The van der Waals surface area contributed by atoms with Crippen LogP contribution in [0.25, 0.3) is 0 Å². The first-order valence-electron chi connectivity index (χ1n) is 5.12. The molecule has 0 radical (unpaired) electrons. The highest BCUT2D eigenvalue weighted by Gasteiger charge is 2.35. The Morgan fingerprint density at radius 2 is 2.07 bits per heavy atom. The average molecular weight is 219 g/mol. The molecule has 0 amide bonds. The molecule has 0 aromatic carbocycles. The summed E-state index contributed by atoms with van der Waals surface area (Å²) in [7, 11) is 1.09. The van der Waals surface area contributed by atoms with Gasteiger partial charge in [-0.1, -0.05) is 0 Å². The van der Waals surface area contributed by atoms with Gasteiger partial charge >= 0.3 is 0 Å². The summed E-state index contributed by atoms with van der Waals surface area (Å²) in [5.74, 6) is 0. The van der Waals surface area contributed by atoms with Crippen LogP contribution in [0.5, 0.6) is 0 Å². The predicted octanol–water partition coefficient (Wildman–Crippen LogP) is 0.910. The van der Waals surface area contributed by atoms with Crippen LogP contribution in [0.15, 0.2) is 0 Å². The first-order chi connectivity index (χ1) is 6.46. The summed E-state index contributed by atoms with van der Waals surface area (Å²) in [4.78, 5) is 0. The van der Waals surface area contributed by atoms with Crippen molar-refractivity contribution in [1.29, 1.82) is 0 Å². The van der Waals surface area contributed by atoms with Crippen molar-refractivity contribution in [2.24, 2.45) is 0 Å². The summed E-state index contributed by atoms with van der Waals surface area (Å²) < 4.78 is 17.4. The van der Waals surface area contributed by atoms with E-state index in [9.17, 15) is 4.21 Å². The van der Waals surface area contributed by atoms with E-state index in [4.69, 9.17) is 4.74 Å². The van der Waals surface area contributed by atoms with Crippen LogP contribution in [-0.4, -0.2) is 40.5 Å². The second kappa shape index (κ2) is 4.73. The molecule has 0 aromatic heterocycles. The molecular formula is C10H21NO2S. The standard InChI is InChI=1S/C10H21NO2S/c1-10(2,3)14(12)9-7-13-6-5-8(9)11-4/h8-9,11H,5-7H2,1-4H3. The maximum Gasteiger partial charge on any atom is 0.0740 e. The smallest absolute Gasteiger partial charge is 0.0740 e. The lowest BCUT2D eigenvalue weighted by atomic mass is 10.1. The fraction of sp³-hybridized carbons (Fsp3) is 1.00. The second-order valence-corrected chi connectivity index (χ2v) is 7.13. The van der Waals surface area contributed by atoms with Gasteiger partial charge in [0.25, 0.3) is 0 Å². The van der Waals surface area contributed by atoms with Gasteiger partial charge in [-0.25, -0.2) is 0 Å². The molecule has 0 aliphatic carbocycles. The summed E-state index contributed by atoms with van der Waals surface area (Å²) in [5, 5.41) is 3.37. The van der Waals surface area contributed by atoms with Crippen molar-refractivity contribution in [3.05, 3.63) is 0 Å². The molecule has 0 saturated carbocycles. The van der Waals surface area contributed by atoms with Gasteiger partial charge in [-0.15, -0.1) is 0 Å². The van der Waals surface area contributed by atoms with Crippen LogP contribution in [0.1, 0.15) is 27.2 Å². The zero-order chi connectivity index (χ0) is 10.8. The van der Waals surface area contributed by atoms with E-state index in [2.05, 4.69) is 5.32 Å². The SMILES string of the molecule is CNC1CCOCC1S(=O)C(C)(C)C. The van der Waals surface area contributed by atoms with Gasteiger partial charge in [-0.2, -0.15) is 0 Å². The van der Waals surface area contributed by atoms with Crippen molar-refractivity contribution in [2.75, 3.05) is 20.3 Å². The summed E-state index contributed by atoms with van der Waals surface area (Å²) >= 11 is 0. The van der Waals surface area contributed by atoms with Crippen molar-refractivity contribution in [1.82, 2.24) is 5.32 Å². The van der Waals surface area contributed by atoms with Gasteiger partial charge < -0.3 is 10.1 Å². The molecule has 14 heavy (non-hydrogen) atoms. The molecule has 1 heterocycles. The molecule has 1 rings (SSSR count). The predicted molar refractivity (Wildman–Crippen MR) is 60.0 cm³/mol. The Bertz CT molecular complexity index is 213. The molecule has 1 aliphatic heterocycles. The van der Waals surface area contributed by atoms with Crippen molar-refractivity contribution in [3.8, 4) is 0 Å². The molecule has 4 heteroatoms. The molecule has 1 aliphatic rings. The Balaban J connectivity index is 2.69. The van der Waals surface area contributed by atoms with Crippen LogP contribution >= 0.6 is 0 Å². The monoisotopic (exact) mass is 219 g/mol. The minimum absolute atomic E-state index is 0.133. The minimum Gasteiger partial charge on any atom is -0.380 e. The number of hydrogen-bond donors (Lipinski definition) is 1. The largest absolute Gasteiger partial charge is 0.380 e. The van der Waals surface area contributed by atoms with Gasteiger partial charge in [0.1, 0.15) is 0 Å². The molecule has 0 spiro atoms. The highest BCUT2D eigenvalue weighted by atomic mass is 32.2. The van der Waals surface area contributed by atoms with E-state index in [1.807, 2.05) is 27.8 Å². The van der Waals surface area contributed by atoms with E-state index >= 15 is 0 Å². The van der Waals surface area contributed by atoms with E-state index in [1.165, 1.54) is 0 Å². The Hall–Kier alpha value is 0.0700. The fourth-order valence-corrected chi connectivity index (χ4v) is 3.41. The third-order valence-electron chi connectivity index (χ3n) is 2.55. The van der Waals surface area contributed by atoms with Crippen molar-refractivity contribution in [3.63, 3.8) is 0 Å². The van der Waals surface area contributed by atoms with Gasteiger partial charge in [0.15, 0.2) is 0 Å². The Morgan fingerprint density at radius 3 is 2.57 bits per heavy atom. The first kappa shape index (κ1) is 12.1. The van der Waals surface area contributed by atoms with E-state index in [1.54, 1.807) is 0 Å². The molecular weight excluding hydrogens is 198 g/mol. The van der Waals surface area contributed by atoms with Crippen LogP contribution in [-0.2, 0) is 15.5 Å². The van der Waals surface area contributed by atoms with E-state index < -0.39 is 10.8 Å². The van der Waals surface area contributed by atoms with Gasteiger partial charge in [-0.05, 0) is 34.2 Å². The van der Waals surface area contributed by atoms with Gasteiger partial charge in [0.05, 0.1) is 11.9 Å². The molecule has 3 nitrogen and oxygen atoms in total. The zero-order valence-corrected chi connectivity index (χ0v) is 10.3. The van der Waals surface area contributed by atoms with Crippen LogP contribution in [0.4, 0.5) is 0 Å². The van der Waals surface area contributed by atoms with Crippen LogP contribution in [0.3, 0.4) is 0 Å². The van der Waals surface area contributed by atoms with E-state index in [-0.39, 0.29) is 10.00 Å². The molecule has 0 bridgehead atoms. The first-order valence-corrected chi connectivity index (χ1v) is 6.34. The molecule has 84 valence electrons. The third-order valence-corrected chi connectivity index (χ3v) is 4.78. The topological polar surface area (TPSA) is 38.3 Å². The third kappa shape index (κ3) is 2.78. The summed E-state index contributed by atoms with van der Waals surface area (Å²) in [6.07, 6.45) is 0.961. The van der Waals surface area contributed by atoms with Crippen LogP contribution in [0.2, 0.25) is 0 Å². The maximum absolute atomic E-state index is 12.2. The second-order valence-electron chi connectivity index (χ2n) is 4.71. The lowest BCUT2D eigenvalue weighted by Crippen LogP contribution is -2.50. The summed E-state index contributed by atoms with van der Waals surface area (Å²) in [6.45, 7) is 7.46. The van der Waals surface area contributed by atoms with E-state index in [0.717, 1.165) is 13.0 Å². The average Bonchev–Trinajstić information content (AvgIpc) is 2.15. The van der Waals surface area contributed by atoms with Crippen LogP contribution in [0, 0.1) is 0 Å². The summed E-state index contributed by atoms with van der Waals surface area (Å²) in [5.41, 5.74) is 0. The number of ether oxygens (including phenoxy) is 1. The van der Waals surface area contributed by atoms with Gasteiger partial charge in [-0.3, -0.25) is 4.21 Å². The van der Waals surface area contributed by atoms with Crippen molar-refractivity contribution in [2.45, 2.75) is 43.2 Å². The molecule has 3 atom stereocenters. The zero-order valence-electron chi connectivity index (χ0n) is 9.50. The highest BCUT2D eigenvalue weighted by molar-refractivity contribution is 7.87. The fourth-order valence-electron chi connectivity index (χ4n) is 1.71. The number of hydrogen-bond acceptors (Lipinski definition) is 3. The Labute approximate surface area is 89.1 Å². The molecule has 0 aromatic rings. The highest BCUT2D eigenvalue weighted by Crippen LogP contribution is 2.22. The maximum atomic E-state index is 12.2.